The van der Waals surface area contributed by atoms with Crippen molar-refractivity contribution in [3.05, 3.63) is 59.7 Å². The number of aryl methyl sites for hydroxylation is 2. The molecule has 0 aliphatic rings. The molecule has 0 bridgehead atoms. The van der Waals surface area contributed by atoms with Crippen molar-refractivity contribution >= 4 is 11.6 Å². The molecule has 2 rings (SSSR count). The number of hydrogen-bond acceptors (Lipinski definition) is 3. The van der Waals surface area contributed by atoms with Crippen LogP contribution in [0.4, 0.5) is 5.69 Å². The zero-order chi connectivity index (χ0) is 18.2. The van der Waals surface area contributed by atoms with Gasteiger partial charge in [0.15, 0.2) is 6.10 Å². The van der Waals surface area contributed by atoms with Gasteiger partial charge in [0.25, 0.3) is 5.91 Å². The predicted molar refractivity (Wildman–Crippen MR) is 103 cm³/mol. The molecular formula is C21H28N2O2. The van der Waals surface area contributed by atoms with E-state index in [1.165, 1.54) is 11.3 Å². The Kier molecular flexibility index (Phi) is 6.87. The number of amides is 1. The molecule has 0 unspecified atom stereocenters. The topological polar surface area (TPSA) is 41.6 Å². The van der Waals surface area contributed by atoms with Crippen molar-refractivity contribution in [2.24, 2.45) is 0 Å². The fourth-order valence-corrected chi connectivity index (χ4v) is 2.53. The Balaban J connectivity index is 1.71. The number of ether oxygens (including phenoxy) is 1. The van der Waals surface area contributed by atoms with Gasteiger partial charge in [-0.15, -0.1) is 0 Å². The lowest BCUT2D eigenvalue weighted by Crippen LogP contribution is -2.37. The van der Waals surface area contributed by atoms with Gasteiger partial charge < -0.3 is 15.0 Å². The number of para-hydroxylation sites is 1. The van der Waals surface area contributed by atoms with E-state index in [2.05, 4.69) is 36.3 Å². The van der Waals surface area contributed by atoms with Crippen LogP contribution in [0.5, 0.6) is 5.75 Å². The van der Waals surface area contributed by atoms with Crippen molar-refractivity contribution < 1.29 is 9.53 Å². The third-order valence-corrected chi connectivity index (χ3v) is 4.33. The highest BCUT2D eigenvalue weighted by Gasteiger charge is 2.14. The van der Waals surface area contributed by atoms with Crippen molar-refractivity contribution in [1.29, 1.82) is 0 Å². The third kappa shape index (κ3) is 5.82. The first-order valence-electron chi connectivity index (χ1n) is 8.75. The second-order valence-electron chi connectivity index (χ2n) is 6.41. The third-order valence-electron chi connectivity index (χ3n) is 4.33. The molecule has 134 valence electrons. The van der Waals surface area contributed by atoms with Crippen LogP contribution in [0.25, 0.3) is 0 Å². The summed E-state index contributed by atoms with van der Waals surface area (Å²) in [6, 6.07) is 16.1. The maximum atomic E-state index is 12.2. The molecule has 0 aliphatic carbocycles. The first kappa shape index (κ1) is 18.8. The normalized spacial score (nSPS) is 11.7. The average Bonchev–Trinajstić information content (AvgIpc) is 2.62. The zero-order valence-corrected chi connectivity index (χ0v) is 15.6. The molecular weight excluding hydrogens is 312 g/mol. The largest absolute Gasteiger partial charge is 0.481 e. The molecule has 0 aliphatic heterocycles. The highest BCUT2D eigenvalue weighted by atomic mass is 16.5. The van der Waals surface area contributed by atoms with Gasteiger partial charge in [-0.1, -0.05) is 24.3 Å². The molecule has 0 heterocycles. The SMILES string of the molecule is Cc1ccc(O[C@@H](C)C(=O)NCCCN(C)c2ccccc2)cc1C. The van der Waals surface area contributed by atoms with Crippen LogP contribution >= 0.6 is 0 Å². The van der Waals surface area contributed by atoms with E-state index in [4.69, 9.17) is 4.74 Å². The molecule has 1 N–H and O–H groups in total. The van der Waals surface area contributed by atoms with Crippen LogP contribution in [0.1, 0.15) is 24.5 Å². The Hall–Kier alpha value is -2.49. The first-order valence-corrected chi connectivity index (χ1v) is 8.75. The van der Waals surface area contributed by atoms with Gasteiger partial charge in [0, 0.05) is 25.8 Å². The van der Waals surface area contributed by atoms with Crippen LogP contribution in [0.15, 0.2) is 48.5 Å². The Bertz CT molecular complexity index is 686. The second-order valence-corrected chi connectivity index (χ2v) is 6.41. The minimum Gasteiger partial charge on any atom is -0.481 e. The van der Waals surface area contributed by atoms with Gasteiger partial charge >= 0.3 is 0 Å². The Morgan fingerprint density at radius 3 is 2.52 bits per heavy atom. The fraction of sp³-hybridized carbons (Fsp3) is 0.381. The summed E-state index contributed by atoms with van der Waals surface area (Å²) < 4.78 is 5.74. The molecule has 1 amide bonds. The molecule has 2 aromatic carbocycles. The van der Waals surface area contributed by atoms with E-state index in [1.54, 1.807) is 6.92 Å². The molecule has 1 atom stereocenters. The van der Waals surface area contributed by atoms with Gasteiger partial charge in [-0.25, -0.2) is 0 Å². The summed E-state index contributed by atoms with van der Waals surface area (Å²) in [4.78, 5) is 14.3. The number of carbonyl (C=O) groups excluding carboxylic acids is 1. The summed E-state index contributed by atoms with van der Waals surface area (Å²) in [6.07, 6.45) is 0.377. The van der Waals surface area contributed by atoms with Gasteiger partial charge in [0.05, 0.1) is 0 Å². The minimum atomic E-state index is -0.506. The van der Waals surface area contributed by atoms with E-state index in [-0.39, 0.29) is 5.91 Å². The molecule has 0 saturated heterocycles. The zero-order valence-electron chi connectivity index (χ0n) is 15.6. The lowest BCUT2D eigenvalue weighted by molar-refractivity contribution is -0.127. The van der Waals surface area contributed by atoms with Gasteiger partial charge in [0.1, 0.15) is 5.75 Å². The summed E-state index contributed by atoms with van der Waals surface area (Å²) >= 11 is 0. The van der Waals surface area contributed by atoms with E-state index in [0.29, 0.717) is 6.54 Å². The Morgan fingerprint density at radius 2 is 1.84 bits per heavy atom. The van der Waals surface area contributed by atoms with Gasteiger partial charge in [-0.3, -0.25) is 4.79 Å². The van der Waals surface area contributed by atoms with Crippen LogP contribution in [0, 0.1) is 13.8 Å². The number of nitrogens with zero attached hydrogens (tertiary/aromatic N) is 1. The van der Waals surface area contributed by atoms with E-state index in [9.17, 15) is 4.79 Å². The standard InChI is InChI=1S/C21H28N2O2/c1-16-11-12-20(15-17(16)2)25-18(3)21(24)22-13-8-14-23(4)19-9-6-5-7-10-19/h5-7,9-12,15,18H,8,13-14H2,1-4H3,(H,22,24)/t18-/m0/s1. The van der Waals surface area contributed by atoms with Crippen molar-refractivity contribution in [3.8, 4) is 5.75 Å². The van der Waals surface area contributed by atoms with Gasteiger partial charge in [-0.05, 0) is 62.6 Å². The number of nitrogens with one attached hydrogen (secondary N) is 1. The summed E-state index contributed by atoms with van der Waals surface area (Å²) in [5, 5.41) is 2.94. The maximum Gasteiger partial charge on any atom is 0.260 e. The van der Waals surface area contributed by atoms with Crippen LogP contribution in [0.3, 0.4) is 0 Å². The summed E-state index contributed by atoms with van der Waals surface area (Å²) in [7, 11) is 2.06. The number of hydrogen-bond donors (Lipinski definition) is 1. The summed E-state index contributed by atoms with van der Waals surface area (Å²) in [6.45, 7) is 7.39. The van der Waals surface area contributed by atoms with Gasteiger partial charge in [-0.2, -0.15) is 0 Å². The van der Waals surface area contributed by atoms with E-state index < -0.39 is 6.10 Å². The predicted octanol–water partition coefficient (Wildman–Crippen LogP) is 3.71. The molecule has 2 aromatic rings. The number of carbonyl (C=O) groups is 1. The van der Waals surface area contributed by atoms with Crippen LogP contribution in [-0.4, -0.2) is 32.1 Å². The van der Waals surface area contributed by atoms with Crippen molar-refractivity contribution in [1.82, 2.24) is 5.32 Å². The minimum absolute atomic E-state index is 0.0828. The van der Waals surface area contributed by atoms with E-state index in [1.807, 2.05) is 43.3 Å². The molecule has 0 aromatic heterocycles. The highest BCUT2D eigenvalue weighted by molar-refractivity contribution is 5.80. The molecule has 0 radical (unpaired) electrons. The molecule has 0 saturated carbocycles. The van der Waals surface area contributed by atoms with Crippen molar-refractivity contribution in [2.75, 3.05) is 25.0 Å². The van der Waals surface area contributed by atoms with Crippen LogP contribution in [-0.2, 0) is 4.79 Å². The van der Waals surface area contributed by atoms with Gasteiger partial charge in [0.2, 0.25) is 0 Å². The summed E-state index contributed by atoms with van der Waals surface area (Å²) in [5.41, 5.74) is 3.56. The Labute approximate surface area is 150 Å². The van der Waals surface area contributed by atoms with Crippen LogP contribution in [0.2, 0.25) is 0 Å². The monoisotopic (exact) mass is 340 g/mol. The van der Waals surface area contributed by atoms with Crippen LogP contribution < -0.4 is 15.0 Å². The number of benzene rings is 2. The molecule has 4 nitrogen and oxygen atoms in total. The number of rotatable bonds is 8. The molecule has 4 heteroatoms. The molecule has 25 heavy (non-hydrogen) atoms. The van der Waals surface area contributed by atoms with E-state index in [0.717, 1.165) is 24.3 Å². The molecule has 0 fully saturated rings. The number of anilines is 1. The smallest absolute Gasteiger partial charge is 0.260 e. The molecule has 0 spiro atoms. The van der Waals surface area contributed by atoms with E-state index >= 15 is 0 Å². The maximum absolute atomic E-state index is 12.2. The first-order chi connectivity index (χ1) is 12.0. The fourth-order valence-electron chi connectivity index (χ4n) is 2.53. The quantitative estimate of drug-likeness (QED) is 0.745. The second kappa shape index (κ2) is 9.11. The van der Waals surface area contributed by atoms with Crippen molar-refractivity contribution in [3.63, 3.8) is 0 Å². The lowest BCUT2D eigenvalue weighted by atomic mass is 10.1. The highest BCUT2D eigenvalue weighted by Crippen LogP contribution is 2.17. The average molecular weight is 340 g/mol. The summed E-state index contributed by atoms with van der Waals surface area (Å²) in [5.74, 6) is 0.648. The van der Waals surface area contributed by atoms with Crippen molar-refractivity contribution in [2.45, 2.75) is 33.3 Å². The Morgan fingerprint density at radius 1 is 1.12 bits per heavy atom. The lowest BCUT2D eigenvalue weighted by Gasteiger charge is -2.20.